The Bertz CT molecular complexity index is 361. The molecule has 0 aromatic carbocycles. The highest BCUT2D eigenvalue weighted by Crippen LogP contribution is 2.43. The Morgan fingerprint density at radius 1 is 1.40 bits per heavy atom. The summed E-state index contributed by atoms with van der Waals surface area (Å²) in [5, 5.41) is 0. The maximum atomic E-state index is 12.6. The molecular formula is C9H9BrF2O2S. The summed E-state index contributed by atoms with van der Waals surface area (Å²) in [6, 6.07) is 0. The third-order valence-corrected chi connectivity index (χ3v) is 4.77. The number of thiophene rings is 1. The summed E-state index contributed by atoms with van der Waals surface area (Å²) in [7, 11) is 0. The molecule has 2 heterocycles. The first kappa shape index (κ1) is 11.4. The molecule has 6 heteroatoms. The zero-order valence-electron chi connectivity index (χ0n) is 7.93. The molecule has 0 amide bonds. The summed E-state index contributed by atoms with van der Waals surface area (Å²) in [4.78, 5) is 0.774. The molecule has 0 unspecified atom stereocenters. The first-order valence-electron chi connectivity index (χ1n) is 4.41. The largest absolute Gasteiger partial charge is 0.345 e. The predicted octanol–water partition coefficient (Wildman–Crippen LogP) is 3.80. The van der Waals surface area contributed by atoms with E-state index in [9.17, 15) is 8.78 Å². The van der Waals surface area contributed by atoms with Crippen molar-refractivity contribution in [1.29, 1.82) is 0 Å². The van der Waals surface area contributed by atoms with Crippen molar-refractivity contribution in [3.8, 4) is 0 Å². The van der Waals surface area contributed by atoms with Gasteiger partial charge in [-0.1, -0.05) is 0 Å². The SMILES string of the molecule is Cc1c(C2OCCO2)sc(C(F)F)c1Br. The summed E-state index contributed by atoms with van der Waals surface area (Å²) >= 11 is 4.21. The van der Waals surface area contributed by atoms with Crippen LogP contribution < -0.4 is 0 Å². The molecule has 15 heavy (non-hydrogen) atoms. The number of halogens is 3. The van der Waals surface area contributed by atoms with E-state index in [1.807, 2.05) is 0 Å². The molecule has 0 radical (unpaired) electrons. The summed E-state index contributed by atoms with van der Waals surface area (Å²) < 4.78 is 36.3. The van der Waals surface area contributed by atoms with E-state index in [2.05, 4.69) is 15.9 Å². The monoisotopic (exact) mass is 298 g/mol. The number of rotatable bonds is 2. The van der Waals surface area contributed by atoms with Crippen LogP contribution in [0.3, 0.4) is 0 Å². The van der Waals surface area contributed by atoms with E-state index in [-0.39, 0.29) is 4.88 Å². The maximum Gasteiger partial charge on any atom is 0.273 e. The fraction of sp³-hybridized carbons (Fsp3) is 0.556. The van der Waals surface area contributed by atoms with Crippen molar-refractivity contribution < 1.29 is 18.3 Å². The zero-order chi connectivity index (χ0) is 11.0. The van der Waals surface area contributed by atoms with E-state index in [0.717, 1.165) is 21.8 Å². The van der Waals surface area contributed by atoms with Crippen molar-refractivity contribution in [3.05, 3.63) is 19.8 Å². The van der Waals surface area contributed by atoms with Gasteiger partial charge in [0.2, 0.25) is 0 Å². The lowest BCUT2D eigenvalue weighted by Gasteiger charge is -2.07. The van der Waals surface area contributed by atoms with Crippen LogP contribution in [0.25, 0.3) is 0 Å². The van der Waals surface area contributed by atoms with Gasteiger partial charge in [0.15, 0.2) is 6.29 Å². The van der Waals surface area contributed by atoms with E-state index in [0.29, 0.717) is 17.7 Å². The van der Waals surface area contributed by atoms with Crippen LogP contribution in [0.2, 0.25) is 0 Å². The first-order chi connectivity index (χ1) is 7.11. The van der Waals surface area contributed by atoms with Gasteiger partial charge in [0.05, 0.1) is 23.0 Å². The zero-order valence-corrected chi connectivity index (χ0v) is 10.3. The van der Waals surface area contributed by atoms with Crippen LogP contribution in [-0.2, 0) is 9.47 Å². The second-order valence-electron chi connectivity index (χ2n) is 3.14. The molecule has 0 spiro atoms. The molecule has 0 aliphatic carbocycles. The maximum absolute atomic E-state index is 12.6. The Hall–Kier alpha value is -0.0400. The van der Waals surface area contributed by atoms with Crippen molar-refractivity contribution >= 4 is 27.3 Å². The summed E-state index contributed by atoms with van der Waals surface area (Å²) in [6.07, 6.45) is -2.93. The Labute approximate surface area is 98.3 Å². The molecule has 2 nitrogen and oxygen atoms in total. The van der Waals surface area contributed by atoms with Gasteiger partial charge < -0.3 is 9.47 Å². The summed E-state index contributed by atoms with van der Waals surface area (Å²) in [5.74, 6) is 0. The van der Waals surface area contributed by atoms with Crippen LogP contribution in [0.1, 0.15) is 28.0 Å². The van der Waals surface area contributed by atoms with Gasteiger partial charge >= 0.3 is 0 Å². The van der Waals surface area contributed by atoms with Crippen molar-refractivity contribution in [2.24, 2.45) is 0 Å². The molecule has 1 aliphatic heterocycles. The van der Waals surface area contributed by atoms with Gasteiger partial charge in [-0.3, -0.25) is 0 Å². The van der Waals surface area contributed by atoms with E-state index in [1.165, 1.54) is 0 Å². The molecule has 2 rings (SSSR count). The standard InChI is InChI=1S/C9H9BrF2O2S/c1-4-5(10)7(8(11)12)15-6(4)9-13-2-3-14-9/h8-9H,2-3H2,1H3. The molecule has 1 aromatic rings. The molecule has 0 saturated carbocycles. The average Bonchev–Trinajstić information content (AvgIpc) is 2.77. The number of hydrogen-bond donors (Lipinski definition) is 0. The van der Waals surface area contributed by atoms with Crippen molar-refractivity contribution in [1.82, 2.24) is 0 Å². The Kier molecular flexibility index (Phi) is 3.39. The highest BCUT2D eigenvalue weighted by molar-refractivity contribution is 9.10. The molecule has 1 aromatic heterocycles. The van der Waals surface area contributed by atoms with Gasteiger partial charge in [0, 0.05) is 4.47 Å². The lowest BCUT2D eigenvalue weighted by molar-refractivity contribution is -0.0417. The van der Waals surface area contributed by atoms with E-state index < -0.39 is 12.7 Å². The van der Waals surface area contributed by atoms with Crippen molar-refractivity contribution in [2.45, 2.75) is 19.6 Å². The van der Waals surface area contributed by atoms with Gasteiger partial charge in [-0.05, 0) is 28.4 Å². The van der Waals surface area contributed by atoms with Crippen LogP contribution in [0.4, 0.5) is 8.78 Å². The second kappa shape index (κ2) is 4.45. The van der Waals surface area contributed by atoms with Crippen molar-refractivity contribution in [2.75, 3.05) is 13.2 Å². The highest BCUT2D eigenvalue weighted by atomic mass is 79.9. The normalized spacial score (nSPS) is 17.9. The van der Waals surface area contributed by atoms with Gasteiger partial charge in [0.1, 0.15) is 0 Å². The van der Waals surface area contributed by atoms with Crippen LogP contribution in [0.15, 0.2) is 4.47 Å². The van der Waals surface area contributed by atoms with Crippen LogP contribution in [0.5, 0.6) is 0 Å². The average molecular weight is 299 g/mol. The lowest BCUT2D eigenvalue weighted by atomic mass is 10.2. The molecule has 1 aliphatic rings. The van der Waals surface area contributed by atoms with Gasteiger partial charge in [-0.25, -0.2) is 8.78 Å². The number of alkyl halides is 2. The Morgan fingerprint density at radius 3 is 2.47 bits per heavy atom. The number of hydrogen-bond acceptors (Lipinski definition) is 3. The molecule has 1 saturated heterocycles. The topological polar surface area (TPSA) is 18.5 Å². The molecule has 0 bridgehead atoms. The quantitative estimate of drug-likeness (QED) is 0.827. The smallest absolute Gasteiger partial charge is 0.273 e. The Morgan fingerprint density at radius 2 is 2.00 bits per heavy atom. The highest BCUT2D eigenvalue weighted by Gasteiger charge is 2.27. The van der Waals surface area contributed by atoms with Crippen molar-refractivity contribution in [3.63, 3.8) is 0 Å². The molecule has 1 fully saturated rings. The van der Waals surface area contributed by atoms with Crippen LogP contribution in [0, 0.1) is 6.92 Å². The van der Waals surface area contributed by atoms with E-state index in [4.69, 9.17) is 9.47 Å². The minimum absolute atomic E-state index is 0.0431. The molecule has 0 atom stereocenters. The minimum atomic E-state index is -2.46. The van der Waals surface area contributed by atoms with Gasteiger partial charge in [-0.15, -0.1) is 11.3 Å². The van der Waals surface area contributed by atoms with Gasteiger partial charge in [-0.2, -0.15) is 0 Å². The second-order valence-corrected chi connectivity index (χ2v) is 5.02. The molecule has 84 valence electrons. The molecular weight excluding hydrogens is 290 g/mol. The number of ether oxygens (including phenoxy) is 2. The summed E-state index contributed by atoms with van der Waals surface area (Å²) in [6.45, 7) is 2.82. The third kappa shape index (κ3) is 2.08. The lowest BCUT2D eigenvalue weighted by Crippen LogP contribution is -1.96. The van der Waals surface area contributed by atoms with E-state index in [1.54, 1.807) is 6.92 Å². The van der Waals surface area contributed by atoms with Crippen LogP contribution >= 0.6 is 27.3 Å². The van der Waals surface area contributed by atoms with Gasteiger partial charge in [0.25, 0.3) is 6.43 Å². The predicted molar refractivity (Wildman–Crippen MR) is 56.4 cm³/mol. The molecule has 0 N–H and O–H groups in total. The summed E-state index contributed by atoms with van der Waals surface area (Å²) in [5.41, 5.74) is 0.780. The minimum Gasteiger partial charge on any atom is -0.345 e. The fourth-order valence-corrected chi connectivity index (χ4v) is 3.22. The van der Waals surface area contributed by atoms with E-state index >= 15 is 0 Å². The fourth-order valence-electron chi connectivity index (χ4n) is 1.41. The first-order valence-corrected chi connectivity index (χ1v) is 6.02. The Balaban J connectivity index is 2.35. The van der Waals surface area contributed by atoms with Crippen LogP contribution in [-0.4, -0.2) is 13.2 Å². The third-order valence-electron chi connectivity index (χ3n) is 2.17.